The van der Waals surface area contributed by atoms with Crippen LogP contribution in [0.4, 0.5) is 5.69 Å². The van der Waals surface area contributed by atoms with E-state index in [1.54, 1.807) is 0 Å². The summed E-state index contributed by atoms with van der Waals surface area (Å²) in [5.74, 6) is 0.688. The topological polar surface area (TPSA) is 12.0 Å². The fourth-order valence-electron chi connectivity index (χ4n) is 2.49. The maximum Gasteiger partial charge on any atom is 0.0641 e. The smallest absolute Gasteiger partial charge is 0.0641 e. The zero-order valence-electron chi connectivity index (χ0n) is 11.4. The van der Waals surface area contributed by atoms with Gasteiger partial charge >= 0.3 is 0 Å². The fraction of sp³-hybridized carbons (Fsp3) is 0.294. The van der Waals surface area contributed by atoms with E-state index in [1.165, 1.54) is 18.4 Å². The van der Waals surface area contributed by atoms with E-state index in [0.717, 1.165) is 21.3 Å². The summed E-state index contributed by atoms with van der Waals surface area (Å²) < 4.78 is 0. The van der Waals surface area contributed by atoms with E-state index < -0.39 is 0 Å². The van der Waals surface area contributed by atoms with Crippen molar-refractivity contribution in [2.45, 2.75) is 25.8 Å². The van der Waals surface area contributed by atoms with E-state index in [4.69, 9.17) is 23.2 Å². The lowest BCUT2D eigenvalue weighted by Gasteiger charge is -2.21. The summed E-state index contributed by atoms with van der Waals surface area (Å²) in [6.45, 7) is 1.97. The minimum Gasteiger partial charge on any atom is -0.377 e. The van der Waals surface area contributed by atoms with Crippen LogP contribution in [0.3, 0.4) is 0 Å². The zero-order chi connectivity index (χ0) is 14.1. The summed E-state index contributed by atoms with van der Waals surface area (Å²) in [6, 6.07) is 14.7. The molecule has 1 unspecified atom stereocenters. The molecule has 0 heterocycles. The minimum absolute atomic E-state index is 0.312. The van der Waals surface area contributed by atoms with Crippen molar-refractivity contribution < 1.29 is 0 Å². The molecule has 0 amide bonds. The van der Waals surface area contributed by atoms with Crippen molar-refractivity contribution in [1.82, 2.24) is 0 Å². The first-order valence-electron chi connectivity index (χ1n) is 6.92. The Labute approximate surface area is 129 Å². The van der Waals surface area contributed by atoms with Gasteiger partial charge in [-0.1, -0.05) is 53.5 Å². The monoisotopic (exact) mass is 305 g/mol. The molecule has 0 aromatic heterocycles. The number of aryl methyl sites for hydroxylation is 1. The number of halogens is 2. The van der Waals surface area contributed by atoms with Crippen LogP contribution < -0.4 is 5.32 Å². The molecule has 104 valence electrons. The van der Waals surface area contributed by atoms with Crippen molar-refractivity contribution in [1.29, 1.82) is 0 Å². The molecule has 1 aliphatic rings. The molecule has 1 saturated carbocycles. The normalized spacial score (nSPS) is 15.9. The van der Waals surface area contributed by atoms with E-state index in [1.807, 2.05) is 25.1 Å². The second-order valence-corrected chi connectivity index (χ2v) is 6.27. The molecule has 1 nitrogen and oxygen atoms in total. The molecule has 1 N–H and O–H groups in total. The van der Waals surface area contributed by atoms with Crippen molar-refractivity contribution >= 4 is 28.9 Å². The quantitative estimate of drug-likeness (QED) is 0.745. The van der Waals surface area contributed by atoms with Gasteiger partial charge in [0.2, 0.25) is 0 Å². The lowest BCUT2D eigenvalue weighted by molar-refractivity contribution is 0.679. The number of hydrogen-bond acceptors (Lipinski definition) is 1. The van der Waals surface area contributed by atoms with Crippen LogP contribution in [-0.2, 0) is 0 Å². The minimum atomic E-state index is 0.312. The van der Waals surface area contributed by atoms with Crippen LogP contribution in [0.25, 0.3) is 0 Å². The summed E-state index contributed by atoms with van der Waals surface area (Å²) in [5, 5.41) is 5.06. The van der Waals surface area contributed by atoms with Gasteiger partial charge in [-0.05, 0) is 48.9 Å². The van der Waals surface area contributed by atoms with Crippen molar-refractivity contribution in [2.75, 3.05) is 5.32 Å². The summed E-state index contributed by atoms with van der Waals surface area (Å²) >= 11 is 12.5. The Morgan fingerprint density at radius 2 is 1.75 bits per heavy atom. The third-order valence-corrected chi connectivity index (χ3v) is 4.53. The molecule has 3 heteroatoms. The van der Waals surface area contributed by atoms with E-state index in [0.29, 0.717) is 12.0 Å². The second-order valence-electron chi connectivity index (χ2n) is 5.45. The lowest BCUT2D eigenvalue weighted by atomic mass is 10.0. The van der Waals surface area contributed by atoms with Crippen molar-refractivity contribution in [2.24, 2.45) is 5.92 Å². The highest BCUT2D eigenvalue weighted by atomic mass is 35.5. The predicted octanol–water partition coefficient (Wildman–Crippen LogP) is 5.87. The van der Waals surface area contributed by atoms with Crippen LogP contribution in [0, 0.1) is 12.8 Å². The van der Waals surface area contributed by atoms with Gasteiger partial charge in [0, 0.05) is 5.02 Å². The number of nitrogens with one attached hydrogen (secondary N) is 1. The Bertz CT molecular complexity index is 606. The number of rotatable bonds is 4. The first kappa shape index (κ1) is 13.8. The molecular weight excluding hydrogens is 289 g/mol. The summed E-state index contributed by atoms with van der Waals surface area (Å²) in [7, 11) is 0. The van der Waals surface area contributed by atoms with Crippen LogP contribution in [-0.4, -0.2) is 0 Å². The molecule has 2 aromatic rings. The summed E-state index contributed by atoms with van der Waals surface area (Å²) in [4.78, 5) is 0. The SMILES string of the molecule is Cc1cc(Cl)c(NC(c2ccccc2)C2CC2)cc1Cl. The standard InChI is InChI=1S/C17H17Cl2N/c1-11-9-15(19)16(10-14(11)18)20-17(13-7-8-13)12-5-3-2-4-6-12/h2-6,9-10,13,17,20H,7-8H2,1H3. The summed E-state index contributed by atoms with van der Waals surface area (Å²) in [6.07, 6.45) is 2.54. The van der Waals surface area contributed by atoms with Crippen LogP contribution in [0.15, 0.2) is 42.5 Å². The molecule has 0 aliphatic heterocycles. The van der Waals surface area contributed by atoms with E-state index >= 15 is 0 Å². The van der Waals surface area contributed by atoms with Crippen LogP contribution in [0.1, 0.15) is 30.0 Å². The Morgan fingerprint density at radius 3 is 2.40 bits per heavy atom. The largest absolute Gasteiger partial charge is 0.377 e. The maximum atomic E-state index is 6.34. The van der Waals surface area contributed by atoms with Gasteiger partial charge in [0.05, 0.1) is 16.8 Å². The molecule has 0 spiro atoms. The molecule has 0 bridgehead atoms. The molecule has 1 fully saturated rings. The van der Waals surface area contributed by atoms with Gasteiger partial charge in [-0.15, -0.1) is 0 Å². The van der Waals surface area contributed by atoms with Gasteiger partial charge in [-0.25, -0.2) is 0 Å². The average Bonchev–Trinajstić information content (AvgIpc) is 3.27. The Hall–Kier alpha value is -1.18. The molecule has 0 radical (unpaired) electrons. The number of hydrogen-bond donors (Lipinski definition) is 1. The zero-order valence-corrected chi connectivity index (χ0v) is 12.9. The molecular formula is C17H17Cl2N. The fourth-order valence-corrected chi connectivity index (χ4v) is 2.92. The van der Waals surface area contributed by atoms with Gasteiger partial charge in [0.1, 0.15) is 0 Å². The predicted molar refractivity (Wildman–Crippen MR) is 86.7 cm³/mol. The highest BCUT2D eigenvalue weighted by molar-refractivity contribution is 6.35. The lowest BCUT2D eigenvalue weighted by Crippen LogP contribution is -2.13. The third kappa shape index (κ3) is 2.94. The molecule has 0 saturated heterocycles. The van der Waals surface area contributed by atoms with Crippen molar-refractivity contribution in [3.63, 3.8) is 0 Å². The summed E-state index contributed by atoms with van der Waals surface area (Å²) in [5.41, 5.74) is 3.23. The Morgan fingerprint density at radius 1 is 1.05 bits per heavy atom. The van der Waals surface area contributed by atoms with Crippen molar-refractivity contribution in [3.05, 3.63) is 63.6 Å². The highest BCUT2D eigenvalue weighted by Gasteiger charge is 2.32. The molecule has 3 rings (SSSR count). The van der Waals surface area contributed by atoms with E-state index in [2.05, 4.69) is 29.6 Å². The molecule has 2 aromatic carbocycles. The van der Waals surface area contributed by atoms with Gasteiger partial charge in [-0.3, -0.25) is 0 Å². The number of anilines is 1. The maximum absolute atomic E-state index is 6.34. The molecule has 20 heavy (non-hydrogen) atoms. The van der Waals surface area contributed by atoms with Crippen LogP contribution in [0.2, 0.25) is 10.0 Å². The van der Waals surface area contributed by atoms with Crippen molar-refractivity contribution in [3.8, 4) is 0 Å². The molecule has 1 atom stereocenters. The van der Waals surface area contributed by atoms with Gasteiger partial charge < -0.3 is 5.32 Å². The first-order valence-corrected chi connectivity index (χ1v) is 7.68. The molecule has 1 aliphatic carbocycles. The van der Waals surface area contributed by atoms with E-state index in [9.17, 15) is 0 Å². The number of benzene rings is 2. The van der Waals surface area contributed by atoms with Gasteiger partial charge in [0.15, 0.2) is 0 Å². The second kappa shape index (κ2) is 5.67. The van der Waals surface area contributed by atoms with Crippen LogP contribution in [0.5, 0.6) is 0 Å². The Kier molecular flexibility index (Phi) is 3.91. The average molecular weight is 306 g/mol. The van der Waals surface area contributed by atoms with Gasteiger partial charge in [0.25, 0.3) is 0 Å². The van der Waals surface area contributed by atoms with Gasteiger partial charge in [-0.2, -0.15) is 0 Å². The van der Waals surface area contributed by atoms with Crippen LogP contribution >= 0.6 is 23.2 Å². The third-order valence-electron chi connectivity index (χ3n) is 3.81. The Balaban J connectivity index is 1.89. The first-order chi connectivity index (χ1) is 9.65. The van der Waals surface area contributed by atoms with E-state index in [-0.39, 0.29) is 0 Å². The highest BCUT2D eigenvalue weighted by Crippen LogP contribution is 2.44.